The van der Waals surface area contributed by atoms with E-state index in [0.717, 1.165) is 0 Å². The molecule has 2 rings (SSSR count). The molecule has 0 fully saturated rings. The molecule has 1 heterocycles. The second-order valence-corrected chi connectivity index (χ2v) is 3.36. The van der Waals surface area contributed by atoms with Crippen molar-refractivity contribution in [2.75, 3.05) is 6.61 Å². The number of esters is 1. The molecule has 1 N–H and O–H groups in total. The molecule has 5 heteroatoms. The number of H-pyrrole nitrogens is 1. The van der Waals surface area contributed by atoms with Crippen LogP contribution in [-0.2, 0) is 4.74 Å². The third-order valence-electron chi connectivity index (χ3n) is 2.28. The Morgan fingerprint density at radius 3 is 2.94 bits per heavy atom. The van der Waals surface area contributed by atoms with Crippen molar-refractivity contribution in [1.29, 1.82) is 0 Å². The van der Waals surface area contributed by atoms with Gasteiger partial charge in [-0.25, -0.2) is 9.18 Å². The molecule has 0 saturated carbocycles. The lowest BCUT2D eigenvalue weighted by Gasteiger charge is -2.03. The van der Waals surface area contributed by atoms with Gasteiger partial charge >= 0.3 is 5.97 Å². The molecule has 1 aromatic heterocycles. The fraction of sp³-hybridized carbons (Fsp3) is 0.167. The summed E-state index contributed by atoms with van der Waals surface area (Å²) in [5.74, 6) is -0.929. The zero-order valence-corrected chi connectivity index (χ0v) is 9.24. The average Bonchev–Trinajstić information content (AvgIpc) is 2.79. The van der Waals surface area contributed by atoms with Gasteiger partial charge in [-0.3, -0.25) is 5.10 Å². The first-order valence-electron chi connectivity index (χ1n) is 5.19. The zero-order chi connectivity index (χ0) is 12.3. The van der Waals surface area contributed by atoms with Crippen molar-refractivity contribution in [3.8, 4) is 11.3 Å². The first-order valence-corrected chi connectivity index (χ1v) is 5.19. The van der Waals surface area contributed by atoms with E-state index >= 15 is 0 Å². The van der Waals surface area contributed by atoms with Crippen LogP contribution in [0.2, 0.25) is 0 Å². The molecule has 0 aliphatic rings. The summed E-state index contributed by atoms with van der Waals surface area (Å²) in [5.41, 5.74) is 0.867. The van der Waals surface area contributed by atoms with Crippen molar-refractivity contribution in [2.45, 2.75) is 6.92 Å². The summed E-state index contributed by atoms with van der Waals surface area (Å²) in [6, 6.07) is 6.17. The zero-order valence-electron chi connectivity index (χ0n) is 9.24. The lowest BCUT2D eigenvalue weighted by atomic mass is 10.1. The quantitative estimate of drug-likeness (QED) is 0.829. The van der Waals surface area contributed by atoms with Gasteiger partial charge in [0.15, 0.2) is 0 Å². The number of halogens is 1. The van der Waals surface area contributed by atoms with Gasteiger partial charge < -0.3 is 4.74 Å². The minimum Gasteiger partial charge on any atom is -0.462 e. The maximum Gasteiger partial charge on any atom is 0.341 e. The largest absolute Gasteiger partial charge is 0.462 e. The van der Waals surface area contributed by atoms with Gasteiger partial charge in [-0.05, 0) is 19.1 Å². The van der Waals surface area contributed by atoms with Crippen molar-refractivity contribution in [3.63, 3.8) is 0 Å². The highest BCUT2D eigenvalue weighted by Gasteiger charge is 2.18. The molecule has 0 spiro atoms. The Morgan fingerprint density at radius 2 is 2.24 bits per heavy atom. The van der Waals surface area contributed by atoms with Gasteiger partial charge in [0.05, 0.1) is 18.5 Å². The molecular formula is C12H11FN2O2. The second-order valence-electron chi connectivity index (χ2n) is 3.36. The van der Waals surface area contributed by atoms with Crippen molar-refractivity contribution in [3.05, 3.63) is 41.8 Å². The lowest BCUT2D eigenvalue weighted by molar-refractivity contribution is 0.0527. The van der Waals surface area contributed by atoms with Gasteiger partial charge in [0, 0.05) is 5.56 Å². The molecule has 0 bridgehead atoms. The van der Waals surface area contributed by atoms with E-state index in [0.29, 0.717) is 11.3 Å². The first-order chi connectivity index (χ1) is 8.24. The van der Waals surface area contributed by atoms with Crippen LogP contribution in [-0.4, -0.2) is 22.8 Å². The third kappa shape index (κ3) is 2.18. The van der Waals surface area contributed by atoms with Crippen LogP contribution in [0.25, 0.3) is 11.3 Å². The summed E-state index contributed by atoms with van der Waals surface area (Å²) in [6.07, 6.45) is 1.33. The highest BCUT2D eigenvalue weighted by atomic mass is 19.1. The van der Waals surface area contributed by atoms with E-state index in [1.807, 2.05) is 0 Å². The fourth-order valence-electron chi connectivity index (χ4n) is 1.52. The van der Waals surface area contributed by atoms with Crippen LogP contribution in [0.15, 0.2) is 30.5 Å². The van der Waals surface area contributed by atoms with Crippen molar-refractivity contribution in [1.82, 2.24) is 10.2 Å². The van der Waals surface area contributed by atoms with Gasteiger partial charge in [0.1, 0.15) is 11.4 Å². The standard InChI is InChI=1S/C12H11FN2O2/c1-2-17-12(16)9-7-14-15-11(9)8-5-3-4-6-10(8)13/h3-7H,2H2,1H3,(H,14,15). The number of aromatic amines is 1. The van der Waals surface area contributed by atoms with Crippen LogP contribution in [0.5, 0.6) is 0 Å². The van der Waals surface area contributed by atoms with E-state index in [9.17, 15) is 9.18 Å². The maximum absolute atomic E-state index is 13.6. The van der Waals surface area contributed by atoms with Crippen molar-refractivity contribution < 1.29 is 13.9 Å². The topological polar surface area (TPSA) is 55.0 Å². The predicted octanol–water partition coefficient (Wildman–Crippen LogP) is 2.39. The summed E-state index contributed by atoms with van der Waals surface area (Å²) in [5, 5.41) is 6.36. The molecule has 0 radical (unpaired) electrons. The van der Waals surface area contributed by atoms with Gasteiger partial charge in [-0.2, -0.15) is 5.10 Å². The molecule has 4 nitrogen and oxygen atoms in total. The van der Waals surface area contributed by atoms with E-state index in [4.69, 9.17) is 4.74 Å². The smallest absolute Gasteiger partial charge is 0.341 e. The molecule has 2 aromatic rings. The van der Waals surface area contributed by atoms with E-state index in [1.165, 1.54) is 12.3 Å². The Hall–Kier alpha value is -2.17. The number of nitrogens with zero attached hydrogens (tertiary/aromatic N) is 1. The summed E-state index contributed by atoms with van der Waals surface area (Å²) in [6.45, 7) is 1.97. The summed E-state index contributed by atoms with van der Waals surface area (Å²) >= 11 is 0. The Morgan fingerprint density at radius 1 is 1.47 bits per heavy atom. The van der Waals surface area contributed by atoms with Crippen molar-refractivity contribution in [2.24, 2.45) is 0 Å². The first kappa shape index (κ1) is 11.3. The Labute approximate surface area is 97.4 Å². The van der Waals surface area contributed by atoms with Gasteiger partial charge in [-0.15, -0.1) is 0 Å². The predicted molar refractivity (Wildman–Crippen MR) is 59.9 cm³/mol. The molecule has 88 valence electrons. The number of benzene rings is 1. The normalized spacial score (nSPS) is 10.2. The molecule has 0 saturated heterocycles. The van der Waals surface area contributed by atoms with Gasteiger partial charge in [-0.1, -0.05) is 12.1 Å². The fourth-order valence-corrected chi connectivity index (χ4v) is 1.52. The van der Waals surface area contributed by atoms with E-state index in [1.54, 1.807) is 25.1 Å². The molecule has 0 unspecified atom stereocenters. The molecule has 17 heavy (non-hydrogen) atoms. The van der Waals surface area contributed by atoms with Crippen LogP contribution in [0.1, 0.15) is 17.3 Å². The van der Waals surface area contributed by atoms with Gasteiger partial charge in [0.25, 0.3) is 0 Å². The summed E-state index contributed by atoms with van der Waals surface area (Å²) in [4.78, 5) is 11.6. The number of ether oxygens (including phenoxy) is 1. The van der Waals surface area contributed by atoms with Crippen LogP contribution in [0.3, 0.4) is 0 Å². The van der Waals surface area contributed by atoms with E-state index < -0.39 is 11.8 Å². The Balaban J connectivity index is 2.44. The molecular weight excluding hydrogens is 223 g/mol. The number of carbonyl (C=O) groups is 1. The second kappa shape index (κ2) is 4.78. The number of nitrogens with one attached hydrogen (secondary N) is 1. The lowest BCUT2D eigenvalue weighted by Crippen LogP contribution is -2.05. The van der Waals surface area contributed by atoms with Crippen molar-refractivity contribution >= 4 is 5.97 Å². The number of hydrogen-bond donors (Lipinski definition) is 1. The SMILES string of the molecule is CCOC(=O)c1cn[nH]c1-c1ccccc1F. The monoisotopic (exact) mass is 234 g/mol. The summed E-state index contributed by atoms with van der Waals surface area (Å²) < 4.78 is 18.4. The molecule has 1 aromatic carbocycles. The van der Waals surface area contributed by atoms with Gasteiger partial charge in [0.2, 0.25) is 0 Å². The molecule has 0 aliphatic heterocycles. The number of hydrogen-bond acceptors (Lipinski definition) is 3. The van der Waals surface area contributed by atoms with Crippen LogP contribution >= 0.6 is 0 Å². The number of aromatic nitrogens is 2. The number of rotatable bonds is 3. The van der Waals surface area contributed by atoms with Crippen LogP contribution in [0.4, 0.5) is 4.39 Å². The summed E-state index contributed by atoms with van der Waals surface area (Å²) in [7, 11) is 0. The van der Waals surface area contributed by atoms with Crippen LogP contribution < -0.4 is 0 Å². The number of carbonyl (C=O) groups excluding carboxylic acids is 1. The Kier molecular flexibility index (Phi) is 3.18. The third-order valence-corrected chi connectivity index (χ3v) is 2.28. The van der Waals surface area contributed by atoms with E-state index in [-0.39, 0.29) is 12.2 Å². The minimum absolute atomic E-state index is 0.233. The Bertz CT molecular complexity index is 537. The molecule has 0 atom stereocenters. The average molecular weight is 234 g/mol. The molecule has 0 aliphatic carbocycles. The highest BCUT2D eigenvalue weighted by Crippen LogP contribution is 2.24. The molecule has 0 amide bonds. The minimum atomic E-state index is -0.514. The van der Waals surface area contributed by atoms with E-state index in [2.05, 4.69) is 10.2 Å². The van der Waals surface area contributed by atoms with Crippen LogP contribution in [0, 0.1) is 5.82 Å². The maximum atomic E-state index is 13.6. The highest BCUT2D eigenvalue weighted by molar-refractivity contribution is 5.95.